The minimum Gasteiger partial charge on any atom is -0.457 e. The maximum absolute atomic E-state index is 11.7. The number of thiophene rings is 1. The van der Waals surface area contributed by atoms with E-state index in [1.54, 1.807) is 23.6 Å². The Morgan fingerprint density at radius 2 is 2.10 bits per heavy atom. The van der Waals surface area contributed by atoms with Gasteiger partial charge in [0.05, 0.1) is 11.3 Å². The molecule has 0 unspecified atom stereocenters. The third-order valence-electron chi connectivity index (χ3n) is 2.50. The Morgan fingerprint density at radius 3 is 2.62 bits per heavy atom. The van der Waals surface area contributed by atoms with E-state index in [0.717, 1.165) is 0 Å². The second kappa shape index (κ2) is 7.97. The van der Waals surface area contributed by atoms with Crippen LogP contribution in [0, 0.1) is 11.3 Å². The number of esters is 1. The molecule has 0 amide bonds. The van der Waals surface area contributed by atoms with Gasteiger partial charge in [0.15, 0.2) is 12.4 Å². The van der Waals surface area contributed by atoms with Gasteiger partial charge in [0, 0.05) is 12.1 Å². The monoisotopic (exact) mass is 306 g/mol. The zero-order valence-corrected chi connectivity index (χ0v) is 12.2. The highest BCUT2D eigenvalue weighted by molar-refractivity contribution is 7.12. The highest BCUT2D eigenvalue weighted by Gasteiger charge is 2.15. The van der Waals surface area contributed by atoms with Gasteiger partial charge in [-0.05, 0) is 18.4 Å². The first kappa shape index (κ1) is 16.6. The molecule has 0 fully saturated rings. The maximum Gasteiger partial charge on any atom is 0.306 e. The Labute approximate surface area is 125 Å². The fraction of sp³-hybridized carbons (Fsp3) is 0.286. The van der Waals surface area contributed by atoms with Crippen LogP contribution in [-0.2, 0) is 14.3 Å². The first-order valence-electron chi connectivity index (χ1n) is 6.07. The zero-order chi connectivity index (χ0) is 15.8. The number of allylic oxidation sites excluding steroid dienone is 1. The lowest BCUT2D eigenvalue weighted by atomic mass is 10.1. The number of nitrogens with two attached hydrogens (primary N) is 1. The largest absolute Gasteiger partial charge is 0.457 e. The van der Waals surface area contributed by atoms with E-state index in [-0.39, 0.29) is 29.9 Å². The van der Waals surface area contributed by atoms with Crippen LogP contribution in [0.5, 0.6) is 0 Å². The summed E-state index contributed by atoms with van der Waals surface area (Å²) >= 11 is 1.30. The van der Waals surface area contributed by atoms with Crippen LogP contribution < -0.4 is 5.73 Å². The fourth-order valence-corrected chi connectivity index (χ4v) is 2.13. The number of rotatable bonds is 7. The van der Waals surface area contributed by atoms with E-state index in [1.807, 2.05) is 0 Å². The second-order valence-electron chi connectivity index (χ2n) is 4.15. The quantitative estimate of drug-likeness (QED) is 0.354. The molecule has 0 aromatic carbocycles. The van der Waals surface area contributed by atoms with Crippen LogP contribution in [0.3, 0.4) is 0 Å². The molecule has 2 N–H and O–H groups in total. The number of ketones is 2. The average Bonchev–Trinajstić information content (AvgIpc) is 2.97. The Morgan fingerprint density at radius 1 is 1.38 bits per heavy atom. The molecular formula is C14H14N2O4S. The van der Waals surface area contributed by atoms with Crippen LogP contribution in [0.2, 0.25) is 0 Å². The molecule has 0 aliphatic rings. The van der Waals surface area contributed by atoms with Gasteiger partial charge in [-0.25, -0.2) is 0 Å². The van der Waals surface area contributed by atoms with Gasteiger partial charge in [0.25, 0.3) is 0 Å². The topological polar surface area (TPSA) is 110 Å². The van der Waals surface area contributed by atoms with Crippen molar-refractivity contribution in [2.75, 3.05) is 6.61 Å². The number of ether oxygens (including phenoxy) is 1. The van der Waals surface area contributed by atoms with Gasteiger partial charge >= 0.3 is 5.97 Å². The number of carbonyl (C=O) groups excluding carboxylic acids is 3. The van der Waals surface area contributed by atoms with Crippen molar-refractivity contribution >= 4 is 28.9 Å². The molecule has 21 heavy (non-hydrogen) atoms. The fourth-order valence-electron chi connectivity index (χ4n) is 1.44. The maximum atomic E-state index is 11.7. The Kier molecular flexibility index (Phi) is 6.30. The summed E-state index contributed by atoms with van der Waals surface area (Å²) in [6, 6.07) is 5.08. The van der Waals surface area contributed by atoms with Crippen LogP contribution in [-0.4, -0.2) is 24.1 Å². The third-order valence-corrected chi connectivity index (χ3v) is 3.41. The molecular weight excluding hydrogens is 292 g/mol. The number of hydrogen-bond donors (Lipinski definition) is 1. The van der Waals surface area contributed by atoms with Crippen molar-refractivity contribution in [1.82, 2.24) is 0 Å². The molecule has 0 saturated heterocycles. The summed E-state index contributed by atoms with van der Waals surface area (Å²) in [5.41, 5.74) is 5.21. The molecule has 7 heteroatoms. The summed E-state index contributed by atoms with van der Waals surface area (Å²) in [6.07, 6.45) is -0.0956. The van der Waals surface area contributed by atoms with Gasteiger partial charge in [-0.2, -0.15) is 5.26 Å². The minimum atomic E-state index is -0.666. The molecule has 0 saturated carbocycles. The van der Waals surface area contributed by atoms with Crippen LogP contribution in [0.4, 0.5) is 0 Å². The Balaban J connectivity index is 2.39. The molecule has 6 nitrogen and oxygen atoms in total. The molecule has 0 aliphatic heterocycles. The van der Waals surface area contributed by atoms with E-state index in [4.69, 9.17) is 15.7 Å². The molecule has 1 aromatic heterocycles. The zero-order valence-electron chi connectivity index (χ0n) is 11.4. The van der Waals surface area contributed by atoms with E-state index >= 15 is 0 Å². The van der Waals surface area contributed by atoms with Crippen molar-refractivity contribution in [3.05, 3.63) is 33.7 Å². The highest BCUT2D eigenvalue weighted by atomic mass is 32.1. The van der Waals surface area contributed by atoms with Crippen molar-refractivity contribution in [1.29, 1.82) is 5.26 Å². The molecule has 0 radical (unpaired) electrons. The van der Waals surface area contributed by atoms with E-state index in [9.17, 15) is 14.4 Å². The van der Waals surface area contributed by atoms with E-state index in [1.165, 1.54) is 18.3 Å². The Bertz CT molecular complexity index is 607. The highest BCUT2D eigenvalue weighted by Crippen LogP contribution is 2.12. The molecule has 0 spiro atoms. The molecule has 0 bridgehead atoms. The summed E-state index contributed by atoms with van der Waals surface area (Å²) in [5, 5.41) is 10.5. The van der Waals surface area contributed by atoms with Crippen LogP contribution >= 0.6 is 11.3 Å². The lowest BCUT2D eigenvalue weighted by molar-refractivity contribution is -0.147. The predicted molar refractivity (Wildman–Crippen MR) is 76.3 cm³/mol. The molecule has 0 atom stereocenters. The predicted octanol–water partition coefficient (Wildman–Crippen LogP) is 1.58. The number of nitrogens with zero attached hydrogens (tertiary/aromatic N) is 1. The van der Waals surface area contributed by atoms with Crippen LogP contribution in [0.25, 0.3) is 0 Å². The lowest BCUT2D eigenvalue weighted by Crippen LogP contribution is -2.18. The summed E-state index contributed by atoms with van der Waals surface area (Å²) in [7, 11) is 0. The standard InChI is InChI=1S/C14H14N2O4S/c1-9(16)10(7-15)12(18)8-20-14(19)5-4-11(17)13-3-2-6-21-13/h2-3,6H,4-5,8,16H2,1H3. The van der Waals surface area contributed by atoms with Gasteiger partial charge in [0.1, 0.15) is 11.6 Å². The first-order valence-corrected chi connectivity index (χ1v) is 6.95. The summed E-state index contributed by atoms with van der Waals surface area (Å²) in [4.78, 5) is 35.2. The normalized spacial score (nSPS) is 11.2. The molecule has 1 aromatic rings. The van der Waals surface area contributed by atoms with Crippen molar-refractivity contribution in [3.8, 4) is 6.07 Å². The van der Waals surface area contributed by atoms with Crippen LogP contribution in [0.15, 0.2) is 28.8 Å². The SMILES string of the molecule is CC(N)=C(C#N)C(=O)COC(=O)CCC(=O)c1cccs1. The smallest absolute Gasteiger partial charge is 0.306 e. The summed E-state index contributed by atoms with van der Waals surface area (Å²) < 4.78 is 4.73. The number of carbonyl (C=O) groups is 3. The van der Waals surface area contributed by atoms with E-state index in [2.05, 4.69) is 0 Å². The van der Waals surface area contributed by atoms with Gasteiger partial charge < -0.3 is 10.5 Å². The molecule has 110 valence electrons. The average molecular weight is 306 g/mol. The van der Waals surface area contributed by atoms with E-state index < -0.39 is 18.4 Å². The van der Waals surface area contributed by atoms with Crippen molar-refractivity contribution in [2.45, 2.75) is 19.8 Å². The minimum absolute atomic E-state index is 0.0183. The van der Waals surface area contributed by atoms with Crippen LogP contribution in [0.1, 0.15) is 29.4 Å². The van der Waals surface area contributed by atoms with Gasteiger partial charge in [0.2, 0.25) is 5.78 Å². The number of hydrogen-bond acceptors (Lipinski definition) is 7. The molecule has 0 aliphatic carbocycles. The summed E-state index contributed by atoms with van der Waals surface area (Å²) in [5.74, 6) is -1.47. The number of Topliss-reactive ketones (excluding diaryl/α,β-unsaturated/α-hetero) is 2. The first-order chi connectivity index (χ1) is 9.95. The molecule has 1 heterocycles. The van der Waals surface area contributed by atoms with Gasteiger partial charge in [-0.3, -0.25) is 14.4 Å². The third kappa shape index (κ3) is 5.20. The van der Waals surface area contributed by atoms with Crippen molar-refractivity contribution in [2.24, 2.45) is 5.73 Å². The lowest BCUT2D eigenvalue weighted by Gasteiger charge is -2.04. The van der Waals surface area contributed by atoms with Gasteiger partial charge in [-0.15, -0.1) is 11.3 Å². The van der Waals surface area contributed by atoms with Gasteiger partial charge in [-0.1, -0.05) is 6.07 Å². The van der Waals surface area contributed by atoms with Crippen molar-refractivity contribution < 1.29 is 19.1 Å². The molecule has 1 rings (SSSR count). The van der Waals surface area contributed by atoms with Crippen molar-refractivity contribution in [3.63, 3.8) is 0 Å². The number of nitriles is 1. The second-order valence-corrected chi connectivity index (χ2v) is 5.10. The summed E-state index contributed by atoms with van der Waals surface area (Å²) in [6.45, 7) is 0.863. The van der Waals surface area contributed by atoms with E-state index in [0.29, 0.717) is 4.88 Å². The Hall–Kier alpha value is -2.46.